The number of methoxy groups -OCH3 is 2. The number of H-pyrrole nitrogens is 1. The lowest BCUT2D eigenvalue weighted by atomic mass is 9.80. The molecule has 4 aromatic rings. The first kappa shape index (κ1) is 30.8. The standard InChI is InChI=1S/C34H35N3O7/c1-22-20-37(33(39)36-32(22)38)31-18-29(43-23(2)19-35)30(44-31)21-42-34(24-8-6-5-7-9-24,25-10-14-27(40-3)15-11-25)26-12-16-28(41-4)17-13-26/h5-17,20,23,29-31H,18,21H2,1-4H3,(H,36,38,39)/t23?,29?,30-,31-/m1/s1. The number of rotatable bonds is 11. The fourth-order valence-electron chi connectivity index (χ4n) is 5.54. The average molecular weight is 598 g/mol. The molecular weight excluding hydrogens is 562 g/mol. The second-order valence-corrected chi connectivity index (χ2v) is 10.6. The highest BCUT2D eigenvalue weighted by Crippen LogP contribution is 2.43. The number of nitrogens with zero attached hydrogens (tertiary/aromatic N) is 2. The third-order valence-electron chi connectivity index (χ3n) is 7.83. The van der Waals surface area contributed by atoms with E-state index in [-0.39, 0.29) is 13.0 Å². The topological polar surface area (TPSA) is 125 Å². The van der Waals surface area contributed by atoms with Crippen molar-refractivity contribution in [2.45, 2.75) is 50.4 Å². The SMILES string of the molecule is COc1ccc(C(OC[C@H]2O[C@@H](n3cc(C)c(=O)[nH]c3=O)CC2OC(C)C#N)(c2ccccc2)c2ccc(OC)cc2)cc1. The van der Waals surface area contributed by atoms with Crippen molar-refractivity contribution in [2.75, 3.05) is 20.8 Å². The normalized spacial score (nSPS) is 18.8. The molecule has 0 saturated carbocycles. The maximum atomic E-state index is 12.7. The quantitative estimate of drug-likeness (QED) is 0.252. The van der Waals surface area contributed by atoms with E-state index in [4.69, 9.17) is 23.7 Å². The molecule has 4 atom stereocenters. The number of ether oxygens (including phenoxy) is 5. The number of nitriles is 1. The molecule has 2 unspecified atom stereocenters. The van der Waals surface area contributed by atoms with Gasteiger partial charge in [0.05, 0.1) is 33.0 Å². The molecule has 1 aliphatic rings. The number of aromatic nitrogens is 2. The molecule has 10 nitrogen and oxygen atoms in total. The molecule has 0 spiro atoms. The van der Waals surface area contributed by atoms with Gasteiger partial charge in [-0.2, -0.15) is 5.26 Å². The summed E-state index contributed by atoms with van der Waals surface area (Å²) in [5.41, 5.74) is 0.797. The van der Waals surface area contributed by atoms with E-state index in [9.17, 15) is 14.9 Å². The Morgan fingerprint density at radius 3 is 2.07 bits per heavy atom. The molecule has 5 rings (SSSR count). The van der Waals surface area contributed by atoms with Crippen molar-refractivity contribution in [3.8, 4) is 17.6 Å². The van der Waals surface area contributed by atoms with Gasteiger partial charge in [0.25, 0.3) is 5.56 Å². The van der Waals surface area contributed by atoms with Crippen LogP contribution in [0.1, 0.15) is 41.8 Å². The monoisotopic (exact) mass is 597 g/mol. The van der Waals surface area contributed by atoms with Crippen LogP contribution < -0.4 is 20.7 Å². The van der Waals surface area contributed by atoms with Gasteiger partial charge in [0, 0.05) is 18.2 Å². The summed E-state index contributed by atoms with van der Waals surface area (Å²) in [7, 11) is 3.23. The Labute approximate surface area is 255 Å². The third-order valence-corrected chi connectivity index (χ3v) is 7.83. The van der Waals surface area contributed by atoms with Gasteiger partial charge < -0.3 is 23.7 Å². The Morgan fingerprint density at radius 2 is 1.52 bits per heavy atom. The molecular formula is C34H35N3O7. The molecule has 1 saturated heterocycles. The van der Waals surface area contributed by atoms with E-state index in [1.54, 1.807) is 28.1 Å². The van der Waals surface area contributed by atoms with Gasteiger partial charge in [-0.15, -0.1) is 0 Å². The van der Waals surface area contributed by atoms with Crippen molar-refractivity contribution < 1.29 is 23.7 Å². The van der Waals surface area contributed by atoms with Crippen molar-refractivity contribution in [3.63, 3.8) is 0 Å². The predicted octanol–water partition coefficient (Wildman–Crippen LogP) is 4.46. The van der Waals surface area contributed by atoms with Crippen LogP contribution in [0.2, 0.25) is 0 Å². The summed E-state index contributed by atoms with van der Waals surface area (Å²) >= 11 is 0. The lowest BCUT2D eigenvalue weighted by Crippen LogP contribution is -2.39. The van der Waals surface area contributed by atoms with Gasteiger partial charge in [-0.3, -0.25) is 14.3 Å². The average Bonchev–Trinajstić information content (AvgIpc) is 3.45. The van der Waals surface area contributed by atoms with Gasteiger partial charge >= 0.3 is 5.69 Å². The van der Waals surface area contributed by atoms with Crippen molar-refractivity contribution in [3.05, 3.63) is 128 Å². The maximum absolute atomic E-state index is 12.7. The van der Waals surface area contributed by atoms with E-state index < -0.39 is 41.4 Å². The smallest absolute Gasteiger partial charge is 0.330 e. The van der Waals surface area contributed by atoms with Crippen LogP contribution in [-0.2, 0) is 19.8 Å². The number of aromatic amines is 1. The summed E-state index contributed by atoms with van der Waals surface area (Å²) in [5.74, 6) is 1.40. The van der Waals surface area contributed by atoms with Crippen LogP contribution in [0.5, 0.6) is 11.5 Å². The summed E-state index contributed by atoms with van der Waals surface area (Å²) in [5, 5.41) is 9.50. The molecule has 1 aromatic heterocycles. The fraction of sp³-hybridized carbons (Fsp3) is 0.324. The molecule has 0 aliphatic carbocycles. The molecule has 0 amide bonds. The minimum atomic E-state index is -1.10. The largest absolute Gasteiger partial charge is 0.497 e. The van der Waals surface area contributed by atoms with Gasteiger partial charge in [0.15, 0.2) is 0 Å². The molecule has 3 aromatic carbocycles. The Balaban J connectivity index is 1.58. The van der Waals surface area contributed by atoms with Crippen LogP contribution in [0, 0.1) is 18.3 Å². The van der Waals surface area contributed by atoms with Crippen LogP contribution >= 0.6 is 0 Å². The van der Waals surface area contributed by atoms with Gasteiger partial charge in [-0.1, -0.05) is 54.6 Å². The summed E-state index contributed by atoms with van der Waals surface area (Å²) in [6, 6.07) is 27.3. The fourth-order valence-corrected chi connectivity index (χ4v) is 5.54. The van der Waals surface area contributed by atoms with Crippen LogP contribution in [0.3, 0.4) is 0 Å². The molecule has 44 heavy (non-hydrogen) atoms. The van der Waals surface area contributed by atoms with Crippen LogP contribution in [0.25, 0.3) is 0 Å². The minimum Gasteiger partial charge on any atom is -0.497 e. The zero-order valence-electron chi connectivity index (χ0n) is 25.1. The summed E-state index contributed by atoms with van der Waals surface area (Å²) in [6.45, 7) is 3.32. The van der Waals surface area contributed by atoms with Crippen LogP contribution in [-0.4, -0.2) is 48.7 Å². The van der Waals surface area contributed by atoms with Gasteiger partial charge in [0.1, 0.15) is 35.5 Å². The van der Waals surface area contributed by atoms with Gasteiger partial charge in [-0.05, 0) is 54.8 Å². The van der Waals surface area contributed by atoms with E-state index in [0.29, 0.717) is 17.1 Å². The second kappa shape index (κ2) is 13.3. The molecule has 1 aliphatic heterocycles. The third kappa shape index (κ3) is 6.17. The first-order valence-corrected chi connectivity index (χ1v) is 14.3. The summed E-state index contributed by atoms with van der Waals surface area (Å²) in [6.07, 6.45) is -0.947. The van der Waals surface area contributed by atoms with E-state index in [0.717, 1.165) is 16.7 Å². The van der Waals surface area contributed by atoms with Crippen molar-refractivity contribution in [1.29, 1.82) is 5.26 Å². The zero-order chi connectivity index (χ0) is 31.3. The van der Waals surface area contributed by atoms with Crippen molar-refractivity contribution in [1.82, 2.24) is 9.55 Å². The lowest BCUT2D eigenvalue weighted by Gasteiger charge is -2.37. The lowest BCUT2D eigenvalue weighted by molar-refractivity contribution is -0.108. The second-order valence-electron chi connectivity index (χ2n) is 10.6. The molecule has 1 fully saturated rings. The van der Waals surface area contributed by atoms with Gasteiger partial charge in [-0.25, -0.2) is 4.79 Å². The van der Waals surface area contributed by atoms with E-state index in [1.165, 1.54) is 10.8 Å². The number of aryl methyl sites for hydroxylation is 1. The summed E-state index contributed by atoms with van der Waals surface area (Å²) in [4.78, 5) is 27.1. The maximum Gasteiger partial charge on any atom is 0.330 e. The molecule has 0 radical (unpaired) electrons. The molecule has 10 heteroatoms. The van der Waals surface area contributed by atoms with Crippen LogP contribution in [0.4, 0.5) is 0 Å². The highest BCUT2D eigenvalue weighted by molar-refractivity contribution is 5.49. The van der Waals surface area contributed by atoms with E-state index in [1.807, 2.05) is 78.9 Å². The molecule has 1 N–H and O–H groups in total. The summed E-state index contributed by atoms with van der Waals surface area (Å²) < 4.78 is 31.7. The Hall–Kier alpha value is -4.69. The van der Waals surface area contributed by atoms with Crippen molar-refractivity contribution in [2.24, 2.45) is 0 Å². The van der Waals surface area contributed by atoms with E-state index in [2.05, 4.69) is 11.1 Å². The first-order valence-electron chi connectivity index (χ1n) is 14.3. The van der Waals surface area contributed by atoms with Crippen molar-refractivity contribution >= 4 is 0 Å². The molecule has 2 heterocycles. The first-order chi connectivity index (χ1) is 21.3. The molecule has 0 bridgehead atoms. The minimum absolute atomic E-state index is 0.0450. The van der Waals surface area contributed by atoms with Crippen LogP contribution in [0.15, 0.2) is 94.6 Å². The predicted molar refractivity (Wildman–Crippen MR) is 163 cm³/mol. The Bertz CT molecular complexity index is 1660. The number of nitrogens with one attached hydrogen (secondary N) is 1. The Kier molecular flexibility index (Phi) is 9.30. The number of benzene rings is 3. The molecule has 228 valence electrons. The number of hydrogen-bond donors (Lipinski definition) is 1. The highest BCUT2D eigenvalue weighted by atomic mass is 16.6. The number of hydrogen-bond acceptors (Lipinski definition) is 8. The van der Waals surface area contributed by atoms with Gasteiger partial charge in [0.2, 0.25) is 0 Å². The Morgan fingerprint density at radius 1 is 0.955 bits per heavy atom. The zero-order valence-corrected chi connectivity index (χ0v) is 25.1. The highest BCUT2D eigenvalue weighted by Gasteiger charge is 2.43. The van der Waals surface area contributed by atoms with E-state index >= 15 is 0 Å².